The van der Waals surface area contributed by atoms with E-state index < -0.39 is 0 Å². The molecule has 0 amide bonds. The molecule has 3 aliphatic heterocycles. The highest BCUT2D eigenvalue weighted by molar-refractivity contribution is 7.12. The van der Waals surface area contributed by atoms with E-state index in [1.807, 2.05) is 17.5 Å². The van der Waals surface area contributed by atoms with Gasteiger partial charge in [-0.3, -0.25) is 4.90 Å². The minimum Gasteiger partial charge on any atom is -0.391 e. The predicted molar refractivity (Wildman–Crippen MR) is 117 cm³/mol. The van der Waals surface area contributed by atoms with E-state index in [-0.39, 0.29) is 11.7 Å². The van der Waals surface area contributed by atoms with Gasteiger partial charge in [0.15, 0.2) is 0 Å². The highest BCUT2D eigenvalue weighted by Gasteiger charge is 2.41. The minimum absolute atomic E-state index is 0.0489. The molecule has 5 nitrogen and oxygen atoms in total. The molecule has 1 N–H and O–H groups in total. The Morgan fingerprint density at radius 1 is 1.28 bits per heavy atom. The van der Waals surface area contributed by atoms with Crippen LogP contribution in [-0.2, 0) is 29.7 Å². The zero-order chi connectivity index (χ0) is 19.8. The molecule has 1 atom stereocenters. The summed E-state index contributed by atoms with van der Waals surface area (Å²) in [5, 5.41) is 9.73. The van der Waals surface area contributed by atoms with Crippen molar-refractivity contribution in [2.45, 2.75) is 57.3 Å². The minimum atomic E-state index is -0.212. The second-order valence-electron chi connectivity index (χ2n) is 8.69. The Morgan fingerprint density at radius 2 is 2.14 bits per heavy atom. The van der Waals surface area contributed by atoms with Gasteiger partial charge in [0, 0.05) is 55.1 Å². The van der Waals surface area contributed by atoms with E-state index in [9.17, 15) is 5.11 Å². The second kappa shape index (κ2) is 7.99. The first-order valence-electron chi connectivity index (χ1n) is 11.0. The molecule has 156 valence electrons. The van der Waals surface area contributed by atoms with Gasteiger partial charge in [0.1, 0.15) is 5.82 Å². The van der Waals surface area contributed by atoms with Crippen molar-refractivity contribution in [1.29, 1.82) is 0 Å². The summed E-state index contributed by atoms with van der Waals surface area (Å²) in [4.78, 5) is 12.4. The number of hydrogen-bond donors (Lipinski definition) is 1. The molecule has 1 spiro atoms. The number of pyridine rings is 1. The maximum atomic E-state index is 9.73. The van der Waals surface area contributed by atoms with Crippen molar-refractivity contribution < 1.29 is 9.84 Å². The number of β-amino-alcohol motifs (C(OH)–C–C–N with tert-alkyl or cyclic N) is 1. The number of aliphatic hydroxyl groups excluding tert-OH is 1. The zero-order valence-electron chi connectivity index (χ0n) is 17.3. The quantitative estimate of drug-likeness (QED) is 0.833. The van der Waals surface area contributed by atoms with Crippen molar-refractivity contribution >= 4 is 17.2 Å². The number of aliphatic hydroxyl groups is 1. The molecule has 6 heteroatoms. The number of likely N-dealkylation sites (tertiary alicyclic amines) is 1. The number of aromatic nitrogens is 1. The Kier molecular flexibility index (Phi) is 5.37. The summed E-state index contributed by atoms with van der Waals surface area (Å²) in [6.07, 6.45) is 7.00. The lowest BCUT2D eigenvalue weighted by atomic mass is 9.82. The van der Waals surface area contributed by atoms with Crippen LogP contribution < -0.4 is 4.90 Å². The molecule has 0 radical (unpaired) electrons. The molecule has 3 aliphatic rings. The molecule has 1 unspecified atom stereocenters. The van der Waals surface area contributed by atoms with Crippen LogP contribution in [0.3, 0.4) is 0 Å². The number of aryl methyl sites for hydroxylation is 1. The summed E-state index contributed by atoms with van der Waals surface area (Å²) in [7, 11) is 0. The average Bonchev–Trinajstić information content (AvgIpc) is 3.37. The molecule has 0 aliphatic carbocycles. The van der Waals surface area contributed by atoms with Crippen LogP contribution in [0.2, 0.25) is 0 Å². The van der Waals surface area contributed by atoms with Crippen LogP contribution in [0.5, 0.6) is 0 Å². The van der Waals surface area contributed by atoms with Crippen molar-refractivity contribution in [2.24, 2.45) is 0 Å². The number of fused-ring (bicyclic) bond motifs is 2. The van der Waals surface area contributed by atoms with Crippen molar-refractivity contribution in [1.82, 2.24) is 9.88 Å². The van der Waals surface area contributed by atoms with Gasteiger partial charge >= 0.3 is 0 Å². The SMILES string of the molecule is CCc1cc2c(s1)CCOC21CCN(Cc2ccc(N3CCC(O)C3)nc2)CC1. The monoisotopic (exact) mass is 413 g/mol. The van der Waals surface area contributed by atoms with Crippen LogP contribution in [0.1, 0.15) is 47.1 Å². The highest BCUT2D eigenvalue weighted by Crippen LogP contribution is 2.44. The lowest BCUT2D eigenvalue weighted by Crippen LogP contribution is -2.45. The summed E-state index contributed by atoms with van der Waals surface area (Å²) in [6.45, 7) is 7.79. The third-order valence-corrected chi connectivity index (χ3v) is 8.11. The number of ether oxygens (including phenoxy) is 1. The lowest BCUT2D eigenvalue weighted by Gasteiger charge is -2.44. The van der Waals surface area contributed by atoms with E-state index in [0.717, 1.165) is 70.7 Å². The lowest BCUT2D eigenvalue weighted by molar-refractivity contribution is -0.0981. The van der Waals surface area contributed by atoms with Crippen LogP contribution in [0.25, 0.3) is 0 Å². The molecule has 0 bridgehead atoms. The number of hydrogen-bond acceptors (Lipinski definition) is 6. The topological polar surface area (TPSA) is 48.8 Å². The van der Waals surface area contributed by atoms with Gasteiger partial charge in [-0.15, -0.1) is 11.3 Å². The number of thiophene rings is 1. The maximum Gasteiger partial charge on any atom is 0.128 e. The fraction of sp³-hybridized carbons (Fsp3) is 0.609. The van der Waals surface area contributed by atoms with E-state index in [2.05, 4.69) is 39.9 Å². The number of anilines is 1. The molecule has 2 saturated heterocycles. The predicted octanol–water partition coefficient (Wildman–Crippen LogP) is 3.34. The first-order chi connectivity index (χ1) is 14.1. The molecule has 0 aromatic carbocycles. The van der Waals surface area contributed by atoms with E-state index >= 15 is 0 Å². The van der Waals surface area contributed by atoms with Gasteiger partial charge in [-0.2, -0.15) is 0 Å². The summed E-state index contributed by atoms with van der Waals surface area (Å²) < 4.78 is 6.41. The Labute approximate surface area is 177 Å². The highest BCUT2D eigenvalue weighted by atomic mass is 32.1. The maximum absolute atomic E-state index is 9.73. The molecule has 2 aromatic rings. The first-order valence-corrected chi connectivity index (χ1v) is 11.8. The summed E-state index contributed by atoms with van der Waals surface area (Å²) in [5.41, 5.74) is 2.70. The van der Waals surface area contributed by atoms with Crippen molar-refractivity contribution in [3.05, 3.63) is 45.3 Å². The zero-order valence-corrected chi connectivity index (χ0v) is 18.1. The summed E-state index contributed by atoms with van der Waals surface area (Å²) in [5.74, 6) is 0.982. The van der Waals surface area contributed by atoms with Crippen LogP contribution in [0, 0.1) is 0 Å². The fourth-order valence-corrected chi connectivity index (χ4v) is 6.22. The van der Waals surface area contributed by atoms with Gasteiger partial charge < -0.3 is 14.7 Å². The molecule has 2 aromatic heterocycles. The van der Waals surface area contributed by atoms with Crippen LogP contribution in [-0.4, -0.2) is 53.9 Å². The Bertz CT molecular complexity index is 842. The van der Waals surface area contributed by atoms with Gasteiger partial charge in [-0.05, 0) is 48.9 Å². The number of piperidine rings is 1. The molecule has 29 heavy (non-hydrogen) atoms. The van der Waals surface area contributed by atoms with Crippen LogP contribution in [0.4, 0.5) is 5.82 Å². The largest absolute Gasteiger partial charge is 0.391 e. The van der Waals surface area contributed by atoms with E-state index in [4.69, 9.17) is 4.74 Å². The van der Waals surface area contributed by atoms with Gasteiger partial charge in [0.2, 0.25) is 0 Å². The van der Waals surface area contributed by atoms with E-state index in [1.165, 1.54) is 16.0 Å². The van der Waals surface area contributed by atoms with Crippen LogP contribution >= 0.6 is 11.3 Å². The normalized spacial score (nSPS) is 24.2. The average molecular weight is 414 g/mol. The van der Waals surface area contributed by atoms with E-state index in [1.54, 1.807) is 4.88 Å². The third-order valence-electron chi connectivity index (χ3n) is 6.77. The number of nitrogens with zero attached hydrogens (tertiary/aromatic N) is 3. The summed E-state index contributed by atoms with van der Waals surface area (Å²) >= 11 is 2.00. The molecule has 5 rings (SSSR count). The molecular weight excluding hydrogens is 382 g/mol. The Hall–Kier alpha value is -1.47. The van der Waals surface area contributed by atoms with Gasteiger partial charge in [0.05, 0.1) is 18.3 Å². The third kappa shape index (κ3) is 3.83. The van der Waals surface area contributed by atoms with Gasteiger partial charge in [0.25, 0.3) is 0 Å². The number of rotatable bonds is 4. The van der Waals surface area contributed by atoms with Gasteiger partial charge in [-0.25, -0.2) is 4.98 Å². The van der Waals surface area contributed by atoms with Crippen molar-refractivity contribution in [3.63, 3.8) is 0 Å². The first kappa shape index (κ1) is 19.5. The molecule has 0 saturated carbocycles. The smallest absolute Gasteiger partial charge is 0.128 e. The summed E-state index contributed by atoms with van der Waals surface area (Å²) in [6, 6.07) is 6.72. The standard InChI is InChI=1S/C23H31N3O2S/c1-2-19-13-20-21(29-19)6-12-28-23(20)7-10-25(11-8-23)15-17-3-4-22(24-14-17)26-9-5-18(27)16-26/h3-4,13-14,18,27H,2,5-12,15-16H2,1H3. The second-order valence-corrected chi connectivity index (χ2v) is 9.91. The van der Waals surface area contributed by atoms with E-state index in [0.29, 0.717) is 6.54 Å². The molecular formula is C23H31N3O2S. The molecule has 5 heterocycles. The van der Waals surface area contributed by atoms with Crippen molar-refractivity contribution in [3.8, 4) is 0 Å². The fourth-order valence-electron chi connectivity index (χ4n) is 5.04. The molecule has 2 fully saturated rings. The Morgan fingerprint density at radius 3 is 2.83 bits per heavy atom. The van der Waals surface area contributed by atoms with Gasteiger partial charge in [-0.1, -0.05) is 13.0 Å². The van der Waals surface area contributed by atoms with Crippen molar-refractivity contribution in [2.75, 3.05) is 37.7 Å². The van der Waals surface area contributed by atoms with Crippen LogP contribution in [0.15, 0.2) is 24.4 Å². The Balaban J connectivity index is 1.21.